The summed E-state index contributed by atoms with van der Waals surface area (Å²) in [6.45, 7) is 12.7. The maximum absolute atomic E-state index is 10.0. The molecule has 1 unspecified atom stereocenters. The summed E-state index contributed by atoms with van der Waals surface area (Å²) < 4.78 is 5.77. The van der Waals surface area contributed by atoms with Gasteiger partial charge in [0, 0.05) is 17.5 Å². The number of β-amino-alcohol motifs (C(OH)–C–C–N with tert-alkyl or cyclic N) is 1. The lowest BCUT2D eigenvalue weighted by Gasteiger charge is -2.23. The number of rotatable bonds is 5. The lowest BCUT2D eigenvalue weighted by atomic mass is 10.1. The van der Waals surface area contributed by atoms with E-state index in [9.17, 15) is 5.11 Å². The SMILES string of the molecule is CC.Cc1c(C#N)[nH]c2cccc(OCC(O)CNC(C)(C)C)c12. The lowest BCUT2D eigenvalue weighted by Crippen LogP contribution is -2.42. The van der Waals surface area contributed by atoms with Gasteiger partial charge in [0.2, 0.25) is 0 Å². The Morgan fingerprint density at radius 1 is 1.33 bits per heavy atom. The van der Waals surface area contributed by atoms with Gasteiger partial charge in [-0.15, -0.1) is 0 Å². The third kappa shape index (κ3) is 5.26. The molecule has 2 aromatic rings. The second kappa shape index (κ2) is 8.72. The number of nitrogens with zero attached hydrogens (tertiary/aromatic N) is 1. The van der Waals surface area contributed by atoms with Crippen LogP contribution in [0.5, 0.6) is 5.75 Å². The molecular weight excluding hydrogens is 302 g/mol. The zero-order valence-corrected chi connectivity index (χ0v) is 15.5. The Kier molecular flexibility index (Phi) is 7.27. The fraction of sp³-hybridized carbons (Fsp3) is 0.526. The summed E-state index contributed by atoms with van der Waals surface area (Å²) in [6.07, 6.45) is -0.593. The van der Waals surface area contributed by atoms with Crippen molar-refractivity contribution in [1.82, 2.24) is 10.3 Å². The molecule has 3 N–H and O–H groups in total. The molecule has 24 heavy (non-hydrogen) atoms. The summed E-state index contributed by atoms with van der Waals surface area (Å²) in [6, 6.07) is 7.78. The number of fused-ring (bicyclic) bond motifs is 1. The van der Waals surface area contributed by atoms with Crippen molar-refractivity contribution < 1.29 is 9.84 Å². The van der Waals surface area contributed by atoms with Crippen LogP contribution in [0.25, 0.3) is 10.9 Å². The number of benzene rings is 1. The van der Waals surface area contributed by atoms with E-state index in [1.807, 2.05) is 59.7 Å². The molecule has 5 nitrogen and oxygen atoms in total. The number of hydrogen-bond acceptors (Lipinski definition) is 4. The Morgan fingerprint density at radius 3 is 2.58 bits per heavy atom. The maximum atomic E-state index is 10.0. The minimum atomic E-state index is -0.593. The van der Waals surface area contributed by atoms with Gasteiger partial charge < -0.3 is 20.1 Å². The van der Waals surface area contributed by atoms with E-state index in [1.165, 1.54) is 0 Å². The molecule has 0 aliphatic rings. The molecule has 5 heteroatoms. The molecule has 1 atom stereocenters. The van der Waals surface area contributed by atoms with Crippen LogP contribution in [0.1, 0.15) is 45.9 Å². The van der Waals surface area contributed by atoms with E-state index in [-0.39, 0.29) is 12.1 Å². The highest BCUT2D eigenvalue weighted by Crippen LogP contribution is 2.30. The number of hydrogen-bond donors (Lipinski definition) is 3. The molecule has 0 spiro atoms. The van der Waals surface area contributed by atoms with Gasteiger partial charge in [0.1, 0.15) is 30.2 Å². The normalized spacial score (nSPS) is 12.2. The van der Waals surface area contributed by atoms with Crippen LogP contribution < -0.4 is 10.1 Å². The standard InChI is InChI=1S/C17H23N3O2.C2H6/c1-11-14(8-18)20-13-6-5-7-15(16(11)13)22-10-12(21)9-19-17(2,3)4;1-2/h5-7,12,19-21H,9-10H2,1-4H3;1-2H3. The predicted octanol–water partition coefficient (Wildman–Crippen LogP) is 3.50. The van der Waals surface area contributed by atoms with E-state index in [0.29, 0.717) is 18.0 Å². The van der Waals surface area contributed by atoms with Gasteiger partial charge in [0.05, 0.1) is 5.52 Å². The number of aryl methyl sites for hydroxylation is 1. The third-order valence-corrected chi connectivity index (χ3v) is 3.45. The summed E-state index contributed by atoms with van der Waals surface area (Å²) in [5.41, 5.74) is 2.24. The van der Waals surface area contributed by atoms with Gasteiger partial charge in [-0.3, -0.25) is 0 Å². The highest BCUT2D eigenvalue weighted by Gasteiger charge is 2.15. The first kappa shape index (κ1) is 20.0. The first-order chi connectivity index (χ1) is 11.3. The third-order valence-electron chi connectivity index (χ3n) is 3.45. The number of ether oxygens (including phenoxy) is 1. The lowest BCUT2D eigenvalue weighted by molar-refractivity contribution is 0.101. The van der Waals surface area contributed by atoms with Gasteiger partial charge in [-0.05, 0) is 45.4 Å². The van der Waals surface area contributed by atoms with E-state index in [1.54, 1.807) is 0 Å². The molecule has 0 fully saturated rings. The molecule has 2 rings (SSSR count). The molecule has 0 saturated heterocycles. The molecule has 0 saturated carbocycles. The van der Waals surface area contributed by atoms with Crippen molar-refractivity contribution in [1.29, 1.82) is 5.26 Å². The maximum Gasteiger partial charge on any atom is 0.129 e. The largest absolute Gasteiger partial charge is 0.490 e. The number of nitrogens with one attached hydrogen (secondary N) is 2. The van der Waals surface area contributed by atoms with Crippen molar-refractivity contribution in [3.05, 3.63) is 29.5 Å². The fourth-order valence-electron chi connectivity index (χ4n) is 2.28. The van der Waals surface area contributed by atoms with E-state index in [0.717, 1.165) is 16.5 Å². The van der Waals surface area contributed by atoms with E-state index >= 15 is 0 Å². The minimum Gasteiger partial charge on any atom is -0.490 e. The Hall–Kier alpha value is -2.03. The van der Waals surface area contributed by atoms with E-state index < -0.39 is 6.10 Å². The highest BCUT2D eigenvalue weighted by atomic mass is 16.5. The smallest absolute Gasteiger partial charge is 0.129 e. The predicted molar refractivity (Wildman–Crippen MR) is 98.4 cm³/mol. The van der Waals surface area contributed by atoms with Crippen LogP contribution in [0.3, 0.4) is 0 Å². The zero-order valence-electron chi connectivity index (χ0n) is 15.5. The van der Waals surface area contributed by atoms with Gasteiger partial charge >= 0.3 is 0 Å². The first-order valence-corrected chi connectivity index (χ1v) is 8.39. The minimum absolute atomic E-state index is 0.0417. The molecule has 0 aliphatic carbocycles. The Bertz CT molecular complexity index is 693. The summed E-state index contributed by atoms with van der Waals surface area (Å²) >= 11 is 0. The Morgan fingerprint density at radius 2 is 2.00 bits per heavy atom. The van der Waals surface area contributed by atoms with Crippen LogP contribution in [0.4, 0.5) is 0 Å². The summed E-state index contributed by atoms with van der Waals surface area (Å²) in [5.74, 6) is 0.683. The van der Waals surface area contributed by atoms with Gasteiger partial charge in [-0.2, -0.15) is 5.26 Å². The average Bonchev–Trinajstić information content (AvgIpc) is 2.89. The molecule has 0 aliphatic heterocycles. The van der Waals surface area contributed by atoms with Crippen LogP contribution in [0.2, 0.25) is 0 Å². The van der Waals surface area contributed by atoms with Crippen LogP contribution in [0.15, 0.2) is 18.2 Å². The molecule has 0 radical (unpaired) electrons. The zero-order chi connectivity index (χ0) is 18.3. The van der Waals surface area contributed by atoms with Gasteiger partial charge in [0.25, 0.3) is 0 Å². The van der Waals surface area contributed by atoms with Gasteiger partial charge in [-0.25, -0.2) is 0 Å². The van der Waals surface area contributed by atoms with Crippen molar-refractivity contribution in [2.24, 2.45) is 0 Å². The molecule has 1 aromatic carbocycles. The van der Waals surface area contributed by atoms with Crippen molar-refractivity contribution >= 4 is 10.9 Å². The number of aliphatic hydroxyl groups is 1. The number of aromatic nitrogens is 1. The van der Waals surface area contributed by atoms with Crippen molar-refractivity contribution in [2.75, 3.05) is 13.2 Å². The highest BCUT2D eigenvalue weighted by molar-refractivity contribution is 5.91. The monoisotopic (exact) mass is 331 g/mol. The first-order valence-electron chi connectivity index (χ1n) is 8.39. The number of aromatic amines is 1. The average molecular weight is 331 g/mol. The van der Waals surface area contributed by atoms with E-state index in [4.69, 9.17) is 10.00 Å². The van der Waals surface area contributed by atoms with E-state index in [2.05, 4.69) is 16.4 Å². The summed E-state index contributed by atoms with van der Waals surface area (Å²) in [5, 5.41) is 23.3. The Labute approximate surface area is 144 Å². The van der Waals surface area contributed by atoms with Crippen LogP contribution in [0, 0.1) is 18.3 Å². The molecular formula is C19H29N3O2. The number of aliphatic hydroxyl groups excluding tert-OH is 1. The molecule has 0 amide bonds. The van der Waals surface area contributed by atoms with Crippen molar-refractivity contribution in [3.8, 4) is 11.8 Å². The topological polar surface area (TPSA) is 81.1 Å². The quantitative estimate of drug-likeness (QED) is 0.783. The molecule has 1 aromatic heterocycles. The van der Waals surface area contributed by atoms with Crippen LogP contribution >= 0.6 is 0 Å². The van der Waals surface area contributed by atoms with Crippen LogP contribution in [-0.4, -0.2) is 34.9 Å². The van der Waals surface area contributed by atoms with Gasteiger partial charge in [0.15, 0.2) is 0 Å². The van der Waals surface area contributed by atoms with Gasteiger partial charge in [-0.1, -0.05) is 19.9 Å². The second-order valence-electron chi connectivity index (χ2n) is 6.51. The number of nitriles is 1. The summed E-state index contributed by atoms with van der Waals surface area (Å²) in [4.78, 5) is 3.07. The molecule has 132 valence electrons. The molecule has 1 heterocycles. The van der Waals surface area contributed by atoms with Crippen molar-refractivity contribution in [2.45, 2.75) is 53.2 Å². The number of H-pyrrole nitrogens is 1. The van der Waals surface area contributed by atoms with Crippen LogP contribution in [-0.2, 0) is 0 Å². The van der Waals surface area contributed by atoms with Crippen molar-refractivity contribution in [3.63, 3.8) is 0 Å². The molecule has 0 bridgehead atoms. The summed E-state index contributed by atoms with van der Waals surface area (Å²) in [7, 11) is 0. The Balaban J connectivity index is 0.00000139. The second-order valence-corrected chi connectivity index (χ2v) is 6.51. The fourth-order valence-corrected chi connectivity index (χ4v) is 2.28.